The summed E-state index contributed by atoms with van der Waals surface area (Å²) >= 11 is 5.79. The van der Waals surface area contributed by atoms with Crippen LogP contribution in [0.25, 0.3) is 5.57 Å². The molecule has 0 radical (unpaired) electrons. The standard InChI is InChI=1S/C11H8ClNO3/c1-16-10(14)5-8-7-3-2-6(12)4-9(7)13-11(8)15/h2-5H,1H3,(H,13,15)/b8-5+. The van der Waals surface area contributed by atoms with Gasteiger partial charge in [0.2, 0.25) is 0 Å². The molecule has 1 heterocycles. The molecule has 0 fully saturated rings. The fourth-order valence-corrected chi connectivity index (χ4v) is 1.66. The summed E-state index contributed by atoms with van der Waals surface area (Å²) in [5, 5.41) is 3.14. The molecule has 16 heavy (non-hydrogen) atoms. The van der Waals surface area contributed by atoms with Crippen molar-refractivity contribution in [1.29, 1.82) is 0 Å². The highest BCUT2D eigenvalue weighted by Crippen LogP contribution is 2.33. The normalized spacial score (nSPS) is 15.9. The summed E-state index contributed by atoms with van der Waals surface area (Å²) in [6, 6.07) is 4.98. The van der Waals surface area contributed by atoms with Gasteiger partial charge in [-0.1, -0.05) is 17.7 Å². The van der Waals surface area contributed by atoms with Crippen LogP contribution < -0.4 is 5.32 Å². The predicted molar refractivity (Wildman–Crippen MR) is 60.1 cm³/mol. The van der Waals surface area contributed by atoms with Gasteiger partial charge < -0.3 is 10.1 Å². The van der Waals surface area contributed by atoms with Crippen molar-refractivity contribution in [3.8, 4) is 0 Å². The van der Waals surface area contributed by atoms with Gasteiger partial charge in [0.25, 0.3) is 5.91 Å². The van der Waals surface area contributed by atoms with E-state index in [4.69, 9.17) is 11.6 Å². The maximum atomic E-state index is 11.6. The number of hydrogen-bond acceptors (Lipinski definition) is 3. The third-order valence-corrected chi connectivity index (χ3v) is 2.46. The zero-order chi connectivity index (χ0) is 11.7. The Morgan fingerprint density at radius 3 is 2.94 bits per heavy atom. The van der Waals surface area contributed by atoms with Crippen LogP contribution in [0, 0.1) is 0 Å². The zero-order valence-electron chi connectivity index (χ0n) is 8.41. The van der Waals surface area contributed by atoms with E-state index < -0.39 is 5.97 Å². The first-order valence-electron chi connectivity index (χ1n) is 4.52. The van der Waals surface area contributed by atoms with Crippen LogP contribution >= 0.6 is 11.6 Å². The Hall–Kier alpha value is -1.81. The van der Waals surface area contributed by atoms with E-state index in [1.807, 2.05) is 0 Å². The molecule has 82 valence electrons. The fourth-order valence-electron chi connectivity index (χ4n) is 1.49. The van der Waals surface area contributed by atoms with E-state index in [1.54, 1.807) is 18.2 Å². The van der Waals surface area contributed by atoms with Crippen LogP contribution in [0.4, 0.5) is 5.69 Å². The van der Waals surface area contributed by atoms with Crippen LogP contribution in [0.5, 0.6) is 0 Å². The minimum atomic E-state index is -0.562. The highest BCUT2D eigenvalue weighted by atomic mass is 35.5. The number of hydrogen-bond donors (Lipinski definition) is 1. The second kappa shape index (κ2) is 3.98. The topological polar surface area (TPSA) is 55.4 Å². The van der Waals surface area contributed by atoms with Gasteiger partial charge in [0, 0.05) is 16.7 Å². The summed E-state index contributed by atoms with van der Waals surface area (Å²) < 4.78 is 4.48. The average Bonchev–Trinajstić information content (AvgIpc) is 2.54. The molecule has 0 unspecified atom stereocenters. The SMILES string of the molecule is COC(=O)/C=C1/C(=O)Nc2cc(Cl)ccc21. The molecule has 4 nitrogen and oxygen atoms in total. The smallest absolute Gasteiger partial charge is 0.331 e. The highest BCUT2D eigenvalue weighted by molar-refractivity contribution is 6.35. The number of esters is 1. The number of carbonyl (C=O) groups is 2. The first-order chi connectivity index (χ1) is 7.61. The predicted octanol–water partition coefficient (Wildman–Crippen LogP) is 1.85. The number of benzene rings is 1. The van der Waals surface area contributed by atoms with Gasteiger partial charge in [0.05, 0.1) is 18.4 Å². The molecule has 1 aromatic rings. The molecule has 1 N–H and O–H groups in total. The third-order valence-electron chi connectivity index (χ3n) is 2.23. The summed E-state index contributed by atoms with van der Waals surface area (Å²) in [6.45, 7) is 0. The Bertz CT molecular complexity index is 508. The van der Waals surface area contributed by atoms with Crippen molar-refractivity contribution in [3.63, 3.8) is 0 Å². The van der Waals surface area contributed by atoms with Gasteiger partial charge in [0.1, 0.15) is 0 Å². The molecular formula is C11H8ClNO3. The van der Waals surface area contributed by atoms with Crippen molar-refractivity contribution < 1.29 is 14.3 Å². The molecule has 0 atom stereocenters. The van der Waals surface area contributed by atoms with Gasteiger partial charge in [-0.05, 0) is 12.1 Å². The molecule has 0 aliphatic carbocycles. The Kier molecular flexibility index (Phi) is 2.66. The van der Waals surface area contributed by atoms with Crippen molar-refractivity contribution in [3.05, 3.63) is 34.9 Å². The summed E-state index contributed by atoms with van der Waals surface area (Å²) in [6.07, 6.45) is 1.16. The summed E-state index contributed by atoms with van der Waals surface area (Å²) in [4.78, 5) is 22.6. The molecule has 0 saturated heterocycles. The number of methoxy groups -OCH3 is 1. The van der Waals surface area contributed by atoms with E-state index in [0.717, 1.165) is 6.08 Å². The maximum Gasteiger partial charge on any atom is 0.331 e. The molecular weight excluding hydrogens is 230 g/mol. The Balaban J connectivity index is 2.48. The lowest BCUT2D eigenvalue weighted by atomic mass is 10.1. The van der Waals surface area contributed by atoms with Crippen LogP contribution in [0.3, 0.4) is 0 Å². The van der Waals surface area contributed by atoms with E-state index in [9.17, 15) is 9.59 Å². The number of fused-ring (bicyclic) bond motifs is 1. The third kappa shape index (κ3) is 1.79. The van der Waals surface area contributed by atoms with Crippen molar-refractivity contribution in [1.82, 2.24) is 0 Å². The van der Waals surface area contributed by atoms with Gasteiger partial charge >= 0.3 is 5.97 Å². The number of carbonyl (C=O) groups excluding carboxylic acids is 2. The van der Waals surface area contributed by atoms with Gasteiger partial charge in [-0.25, -0.2) is 4.79 Å². The quantitative estimate of drug-likeness (QED) is 0.599. The molecule has 0 aromatic heterocycles. The Morgan fingerprint density at radius 2 is 2.25 bits per heavy atom. The van der Waals surface area contributed by atoms with Crippen LogP contribution in [0.1, 0.15) is 5.56 Å². The van der Waals surface area contributed by atoms with Crippen LogP contribution in [0.2, 0.25) is 5.02 Å². The molecule has 1 aromatic carbocycles. The van der Waals surface area contributed by atoms with Crippen molar-refractivity contribution >= 4 is 34.7 Å². The first-order valence-corrected chi connectivity index (χ1v) is 4.90. The van der Waals surface area contributed by atoms with Gasteiger partial charge in [-0.3, -0.25) is 4.79 Å². The molecule has 2 rings (SSSR count). The van der Waals surface area contributed by atoms with E-state index in [2.05, 4.69) is 10.1 Å². The Morgan fingerprint density at radius 1 is 1.50 bits per heavy atom. The summed E-state index contributed by atoms with van der Waals surface area (Å²) in [7, 11) is 1.26. The van der Waals surface area contributed by atoms with E-state index in [0.29, 0.717) is 21.8 Å². The van der Waals surface area contributed by atoms with Crippen molar-refractivity contribution in [2.45, 2.75) is 0 Å². The number of halogens is 1. The largest absolute Gasteiger partial charge is 0.466 e. The first kappa shape index (κ1) is 10.7. The number of amides is 1. The second-order valence-electron chi connectivity index (χ2n) is 3.23. The van der Waals surface area contributed by atoms with E-state index in [1.165, 1.54) is 7.11 Å². The second-order valence-corrected chi connectivity index (χ2v) is 3.66. The molecule has 1 aliphatic rings. The lowest BCUT2D eigenvalue weighted by molar-refractivity contribution is -0.134. The fraction of sp³-hybridized carbons (Fsp3) is 0.0909. The van der Waals surface area contributed by atoms with Crippen molar-refractivity contribution in [2.24, 2.45) is 0 Å². The molecule has 0 bridgehead atoms. The van der Waals surface area contributed by atoms with E-state index in [-0.39, 0.29) is 5.91 Å². The summed E-state index contributed by atoms with van der Waals surface area (Å²) in [5.41, 5.74) is 1.55. The van der Waals surface area contributed by atoms with Crippen LogP contribution in [-0.4, -0.2) is 19.0 Å². The number of rotatable bonds is 1. The lowest BCUT2D eigenvalue weighted by Gasteiger charge is -1.98. The molecule has 5 heteroatoms. The van der Waals surface area contributed by atoms with Gasteiger partial charge in [-0.15, -0.1) is 0 Å². The molecule has 1 amide bonds. The molecule has 0 spiro atoms. The Labute approximate surface area is 96.9 Å². The van der Waals surface area contributed by atoms with Crippen molar-refractivity contribution in [2.75, 3.05) is 12.4 Å². The van der Waals surface area contributed by atoms with E-state index >= 15 is 0 Å². The highest BCUT2D eigenvalue weighted by Gasteiger charge is 2.25. The molecule has 1 aliphatic heterocycles. The maximum absolute atomic E-state index is 11.6. The molecule has 0 saturated carbocycles. The minimum Gasteiger partial charge on any atom is -0.466 e. The summed E-state index contributed by atoms with van der Waals surface area (Å²) in [5.74, 6) is -0.893. The average molecular weight is 238 g/mol. The van der Waals surface area contributed by atoms with Gasteiger partial charge in [0.15, 0.2) is 0 Å². The van der Waals surface area contributed by atoms with Crippen LogP contribution in [-0.2, 0) is 14.3 Å². The number of nitrogens with one attached hydrogen (secondary N) is 1. The number of ether oxygens (including phenoxy) is 1. The van der Waals surface area contributed by atoms with Gasteiger partial charge in [-0.2, -0.15) is 0 Å². The monoisotopic (exact) mass is 237 g/mol. The zero-order valence-corrected chi connectivity index (χ0v) is 9.17. The number of anilines is 1. The lowest BCUT2D eigenvalue weighted by Crippen LogP contribution is -2.06. The minimum absolute atomic E-state index is 0.290. The van der Waals surface area contributed by atoms with Crippen LogP contribution in [0.15, 0.2) is 24.3 Å².